The fraction of sp³-hybridized carbons (Fsp3) is 0.294. The molecule has 2 aromatic carbocycles. The molecule has 1 atom stereocenters. The minimum absolute atomic E-state index is 0.00257. The van der Waals surface area contributed by atoms with Gasteiger partial charge in [0.05, 0.1) is 7.11 Å². The van der Waals surface area contributed by atoms with Crippen molar-refractivity contribution >= 4 is 11.6 Å². The van der Waals surface area contributed by atoms with Gasteiger partial charge in [0.25, 0.3) is 0 Å². The third-order valence-electron chi connectivity index (χ3n) is 3.24. The van der Waals surface area contributed by atoms with Crippen LogP contribution in [0.4, 0.5) is 0 Å². The molecule has 0 saturated carbocycles. The molecule has 21 heavy (non-hydrogen) atoms. The van der Waals surface area contributed by atoms with E-state index < -0.39 is 0 Å². The van der Waals surface area contributed by atoms with Crippen LogP contribution in [0, 0.1) is 0 Å². The molecular formula is C17H20ClNO2. The highest BCUT2D eigenvalue weighted by Crippen LogP contribution is 2.16. The van der Waals surface area contributed by atoms with Gasteiger partial charge in [-0.05, 0) is 54.8 Å². The lowest BCUT2D eigenvalue weighted by molar-refractivity contribution is 0.282. The second kappa shape index (κ2) is 7.91. The fourth-order valence-electron chi connectivity index (χ4n) is 1.96. The molecule has 2 aromatic rings. The van der Waals surface area contributed by atoms with E-state index in [4.69, 9.17) is 26.8 Å². The molecule has 0 saturated heterocycles. The van der Waals surface area contributed by atoms with Crippen LogP contribution < -0.4 is 15.2 Å². The minimum Gasteiger partial charge on any atom is -0.497 e. The molecule has 1 unspecified atom stereocenters. The monoisotopic (exact) mass is 305 g/mol. The third kappa shape index (κ3) is 5.29. The summed E-state index contributed by atoms with van der Waals surface area (Å²) in [6.07, 6.45) is 1.80. The topological polar surface area (TPSA) is 44.5 Å². The zero-order chi connectivity index (χ0) is 15.1. The van der Waals surface area contributed by atoms with Crippen molar-refractivity contribution in [2.24, 2.45) is 5.73 Å². The lowest BCUT2D eigenvalue weighted by atomic mass is 10.1. The SMILES string of the molecule is COc1ccc(CCC(N)COc2ccc(Cl)cc2)cc1. The summed E-state index contributed by atoms with van der Waals surface area (Å²) in [6.45, 7) is 0.498. The van der Waals surface area contributed by atoms with Gasteiger partial charge in [0.1, 0.15) is 18.1 Å². The Morgan fingerprint density at radius 2 is 1.62 bits per heavy atom. The minimum atomic E-state index is 0.00257. The van der Waals surface area contributed by atoms with Crippen LogP contribution in [0.5, 0.6) is 11.5 Å². The lowest BCUT2D eigenvalue weighted by Crippen LogP contribution is -2.28. The largest absolute Gasteiger partial charge is 0.497 e. The Balaban J connectivity index is 1.73. The average molecular weight is 306 g/mol. The number of aryl methyl sites for hydroxylation is 1. The standard InChI is InChI=1S/C17H20ClNO2/c1-20-16-8-3-13(4-9-16)2-7-15(19)12-21-17-10-5-14(18)6-11-17/h3-6,8-11,15H,2,7,12,19H2,1H3. The summed E-state index contributed by atoms with van der Waals surface area (Å²) in [7, 11) is 1.67. The Hall–Kier alpha value is -1.71. The number of nitrogens with two attached hydrogens (primary N) is 1. The zero-order valence-electron chi connectivity index (χ0n) is 12.1. The first-order valence-corrected chi connectivity index (χ1v) is 7.32. The van der Waals surface area contributed by atoms with Crippen LogP contribution in [0.2, 0.25) is 5.02 Å². The van der Waals surface area contributed by atoms with E-state index in [0.29, 0.717) is 11.6 Å². The number of ether oxygens (including phenoxy) is 2. The van der Waals surface area contributed by atoms with E-state index in [1.54, 1.807) is 19.2 Å². The maximum Gasteiger partial charge on any atom is 0.119 e. The molecule has 0 aliphatic heterocycles. The van der Waals surface area contributed by atoms with E-state index in [1.807, 2.05) is 24.3 Å². The zero-order valence-corrected chi connectivity index (χ0v) is 12.8. The van der Waals surface area contributed by atoms with Crippen LogP contribution in [0.1, 0.15) is 12.0 Å². The second-order valence-corrected chi connectivity index (χ2v) is 5.35. The van der Waals surface area contributed by atoms with Crippen LogP contribution in [0.3, 0.4) is 0 Å². The van der Waals surface area contributed by atoms with Gasteiger partial charge < -0.3 is 15.2 Å². The molecule has 0 fully saturated rings. The van der Waals surface area contributed by atoms with E-state index in [9.17, 15) is 0 Å². The lowest BCUT2D eigenvalue weighted by Gasteiger charge is -2.13. The summed E-state index contributed by atoms with van der Waals surface area (Å²) in [5, 5.41) is 0.700. The molecular weight excluding hydrogens is 286 g/mol. The molecule has 0 aliphatic rings. The first-order chi connectivity index (χ1) is 10.2. The summed E-state index contributed by atoms with van der Waals surface area (Å²) in [5.41, 5.74) is 7.33. The Bertz CT molecular complexity index is 540. The Kier molecular flexibility index (Phi) is 5.90. The third-order valence-corrected chi connectivity index (χ3v) is 3.49. The van der Waals surface area contributed by atoms with Crippen LogP contribution in [-0.4, -0.2) is 19.8 Å². The van der Waals surface area contributed by atoms with Crippen molar-refractivity contribution in [2.75, 3.05) is 13.7 Å². The molecule has 0 aromatic heterocycles. The summed E-state index contributed by atoms with van der Waals surface area (Å²) in [6, 6.07) is 15.4. The van der Waals surface area contributed by atoms with Crippen molar-refractivity contribution in [1.29, 1.82) is 0 Å². The van der Waals surface area contributed by atoms with Crippen LogP contribution >= 0.6 is 11.6 Å². The van der Waals surface area contributed by atoms with Crippen LogP contribution in [0.15, 0.2) is 48.5 Å². The van der Waals surface area contributed by atoms with Gasteiger partial charge in [-0.2, -0.15) is 0 Å². The van der Waals surface area contributed by atoms with Crippen molar-refractivity contribution in [3.05, 3.63) is 59.1 Å². The molecule has 0 radical (unpaired) electrons. The van der Waals surface area contributed by atoms with E-state index in [2.05, 4.69) is 12.1 Å². The predicted octanol–water partition coefficient (Wildman–Crippen LogP) is 3.69. The first kappa shape index (κ1) is 15.7. The van der Waals surface area contributed by atoms with Gasteiger partial charge in [-0.25, -0.2) is 0 Å². The van der Waals surface area contributed by atoms with E-state index in [-0.39, 0.29) is 6.04 Å². The molecule has 4 heteroatoms. The summed E-state index contributed by atoms with van der Waals surface area (Å²) in [5.74, 6) is 1.66. The molecule has 0 spiro atoms. The van der Waals surface area contributed by atoms with Gasteiger partial charge in [0.2, 0.25) is 0 Å². The van der Waals surface area contributed by atoms with Crippen molar-refractivity contribution in [3.63, 3.8) is 0 Å². The highest BCUT2D eigenvalue weighted by Gasteiger charge is 2.05. The van der Waals surface area contributed by atoms with E-state index >= 15 is 0 Å². The van der Waals surface area contributed by atoms with Crippen molar-refractivity contribution < 1.29 is 9.47 Å². The Labute approximate surface area is 130 Å². The number of hydrogen-bond acceptors (Lipinski definition) is 3. The molecule has 2 rings (SSSR count). The van der Waals surface area contributed by atoms with Gasteiger partial charge >= 0.3 is 0 Å². The predicted molar refractivity (Wildman–Crippen MR) is 86.2 cm³/mol. The number of hydrogen-bond donors (Lipinski definition) is 1. The molecule has 2 N–H and O–H groups in total. The van der Waals surface area contributed by atoms with Gasteiger partial charge in [0.15, 0.2) is 0 Å². The van der Waals surface area contributed by atoms with E-state index in [0.717, 1.165) is 24.3 Å². The second-order valence-electron chi connectivity index (χ2n) is 4.91. The Morgan fingerprint density at radius 1 is 1.00 bits per heavy atom. The summed E-state index contributed by atoms with van der Waals surface area (Å²) >= 11 is 5.82. The quantitative estimate of drug-likeness (QED) is 0.848. The van der Waals surface area contributed by atoms with Crippen LogP contribution in [-0.2, 0) is 6.42 Å². The number of methoxy groups -OCH3 is 1. The van der Waals surface area contributed by atoms with Crippen LogP contribution in [0.25, 0.3) is 0 Å². The van der Waals surface area contributed by atoms with Crippen molar-refractivity contribution in [1.82, 2.24) is 0 Å². The van der Waals surface area contributed by atoms with E-state index in [1.165, 1.54) is 5.56 Å². The fourth-order valence-corrected chi connectivity index (χ4v) is 2.09. The average Bonchev–Trinajstić information content (AvgIpc) is 2.53. The smallest absolute Gasteiger partial charge is 0.119 e. The number of benzene rings is 2. The van der Waals surface area contributed by atoms with Crippen molar-refractivity contribution in [2.45, 2.75) is 18.9 Å². The van der Waals surface area contributed by atoms with Gasteiger partial charge in [-0.1, -0.05) is 23.7 Å². The maximum atomic E-state index is 6.08. The molecule has 0 aliphatic carbocycles. The van der Waals surface area contributed by atoms with Crippen molar-refractivity contribution in [3.8, 4) is 11.5 Å². The normalized spacial score (nSPS) is 12.0. The number of halogens is 1. The number of rotatable bonds is 7. The van der Waals surface area contributed by atoms with Gasteiger partial charge in [-0.3, -0.25) is 0 Å². The summed E-state index contributed by atoms with van der Waals surface area (Å²) < 4.78 is 10.8. The highest BCUT2D eigenvalue weighted by atomic mass is 35.5. The molecule has 0 bridgehead atoms. The first-order valence-electron chi connectivity index (χ1n) is 6.94. The molecule has 0 amide bonds. The molecule has 112 valence electrons. The molecule has 3 nitrogen and oxygen atoms in total. The maximum absolute atomic E-state index is 6.08. The Morgan fingerprint density at radius 3 is 2.24 bits per heavy atom. The molecule has 0 heterocycles. The summed E-state index contributed by atoms with van der Waals surface area (Å²) in [4.78, 5) is 0. The highest BCUT2D eigenvalue weighted by molar-refractivity contribution is 6.30. The van der Waals surface area contributed by atoms with Gasteiger partial charge in [0, 0.05) is 11.1 Å². The van der Waals surface area contributed by atoms with Gasteiger partial charge in [-0.15, -0.1) is 0 Å².